The molecule has 1 saturated carbocycles. The average molecular weight is 207 g/mol. The van der Waals surface area contributed by atoms with Crippen molar-refractivity contribution in [3.8, 4) is 0 Å². The first kappa shape index (κ1) is 10.7. The number of nitrogens with two attached hydrogens (primary N) is 1. The number of hydrogen-bond acceptors (Lipinski definition) is 2. The third-order valence-corrected chi connectivity index (χ3v) is 3.44. The van der Waals surface area contributed by atoms with Gasteiger partial charge in [-0.05, 0) is 24.4 Å². The Hall–Kier alpha value is -0.830. The molecule has 84 valence electrons. The van der Waals surface area contributed by atoms with Crippen molar-refractivity contribution in [1.82, 2.24) is 10.2 Å². The molecule has 1 fully saturated rings. The predicted octanol–water partition coefficient (Wildman–Crippen LogP) is 2.03. The molecule has 1 heterocycles. The largest absolute Gasteiger partial charge is 0.330 e. The Morgan fingerprint density at radius 3 is 2.87 bits per heavy atom. The fraction of sp³-hybridized carbons (Fsp3) is 0.750. The highest BCUT2D eigenvalue weighted by atomic mass is 15.1. The zero-order chi connectivity index (χ0) is 10.5. The summed E-state index contributed by atoms with van der Waals surface area (Å²) in [5, 5.41) is 7.19. The highest BCUT2D eigenvalue weighted by Crippen LogP contribution is 2.27. The lowest BCUT2D eigenvalue weighted by Crippen LogP contribution is -2.11. The molecule has 3 nitrogen and oxygen atoms in total. The Kier molecular flexibility index (Phi) is 3.78. The summed E-state index contributed by atoms with van der Waals surface area (Å²) >= 11 is 0. The summed E-state index contributed by atoms with van der Waals surface area (Å²) in [6, 6.07) is 0. The van der Waals surface area contributed by atoms with Crippen LogP contribution >= 0.6 is 0 Å². The summed E-state index contributed by atoms with van der Waals surface area (Å²) in [7, 11) is 0. The Bertz CT molecular complexity index is 287. The summed E-state index contributed by atoms with van der Waals surface area (Å²) in [6.45, 7) is 0.708. The molecule has 0 radical (unpaired) electrons. The molecule has 3 N–H and O–H groups in total. The van der Waals surface area contributed by atoms with Gasteiger partial charge in [-0.25, -0.2) is 0 Å². The normalized spacial score (nSPS) is 18.2. The van der Waals surface area contributed by atoms with Crippen molar-refractivity contribution in [2.24, 2.45) is 11.7 Å². The van der Waals surface area contributed by atoms with E-state index in [1.54, 1.807) is 0 Å². The Labute approximate surface area is 91.4 Å². The van der Waals surface area contributed by atoms with Gasteiger partial charge in [-0.15, -0.1) is 0 Å². The fourth-order valence-corrected chi connectivity index (χ4v) is 2.58. The quantitative estimate of drug-likeness (QED) is 0.793. The summed E-state index contributed by atoms with van der Waals surface area (Å²) in [6.07, 6.45) is 11.2. The van der Waals surface area contributed by atoms with E-state index in [4.69, 9.17) is 5.73 Å². The maximum atomic E-state index is 5.57. The third-order valence-electron chi connectivity index (χ3n) is 3.44. The summed E-state index contributed by atoms with van der Waals surface area (Å²) < 4.78 is 0. The van der Waals surface area contributed by atoms with E-state index in [9.17, 15) is 0 Å². The van der Waals surface area contributed by atoms with Gasteiger partial charge >= 0.3 is 0 Å². The van der Waals surface area contributed by atoms with E-state index in [0.29, 0.717) is 6.54 Å². The van der Waals surface area contributed by atoms with Gasteiger partial charge in [0.15, 0.2) is 0 Å². The molecule has 0 amide bonds. The monoisotopic (exact) mass is 207 g/mol. The van der Waals surface area contributed by atoms with E-state index in [1.165, 1.54) is 49.8 Å². The summed E-state index contributed by atoms with van der Waals surface area (Å²) in [4.78, 5) is 0. The zero-order valence-electron chi connectivity index (χ0n) is 9.34. The highest BCUT2D eigenvalue weighted by Gasteiger charge is 2.16. The van der Waals surface area contributed by atoms with Crippen molar-refractivity contribution >= 4 is 0 Å². The Morgan fingerprint density at radius 2 is 2.13 bits per heavy atom. The molecule has 1 aliphatic rings. The molecule has 15 heavy (non-hydrogen) atoms. The molecular formula is C12H21N3. The third kappa shape index (κ3) is 2.81. The van der Waals surface area contributed by atoms with Crippen LogP contribution in [0.5, 0.6) is 0 Å². The number of nitrogens with zero attached hydrogens (tertiary/aromatic N) is 1. The Balaban J connectivity index is 1.93. The number of rotatable bonds is 4. The van der Waals surface area contributed by atoms with Gasteiger partial charge in [0.25, 0.3) is 0 Å². The number of hydrogen-bond donors (Lipinski definition) is 2. The van der Waals surface area contributed by atoms with Gasteiger partial charge < -0.3 is 5.73 Å². The fourth-order valence-electron chi connectivity index (χ4n) is 2.58. The maximum absolute atomic E-state index is 5.57. The van der Waals surface area contributed by atoms with Gasteiger partial charge in [-0.1, -0.05) is 32.1 Å². The van der Waals surface area contributed by atoms with E-state index >= 15 is 0 Å². The van der Waals surface area contributed by atoms with Crippen LogP contribution in [0, 0.1) is 5.92 Å². The van der Waals surface area contributed by atoms with E-state index in [-0.39, 0.29) is 0 Å². The molecule has 0 aliphatic heterocycles. The molecule has 0 unspecified atom stereocenters. The first-order chi connectivity index (χ1) is 7.40. The first-order valence-electron chi connectivity index (χ1n) is 6.11. The van der Waals surface area contributed by atoms with Gasteiger partial charge in [0.1, 0.15) is 0 Å². The maximum Gasteiger partial charge on any atom is 0.0522 e. The standard InChI is InChI=1S/C12H21N3/c13-7-6-12-11(9-14-15-12)8-10-4-2-1-3-5-10/h9-10H,1-8,13H2,(H,14,15). The molecule has 0 atom stereocenters. The molecule has 1 aliphatic carbocycles. The SMILES string of the molecule is NCCc1[nH]ncc1CC1CCCCC1. The van der Waals surface area contributed by atoms with Gasteiger partial charge in [0.05, 0.1) is 6.20 Å². The lowest BCUT2D eigenvalue weighted by molar-refractivity contribution is 0.356. The van der Waals surface area contributed by atoms with Crippen molar-refractivity contribution in [3.63, 3.8) is 0 Å². The number of aromatic amines is 1. The first-order valence-corrected chi connectivity index (χ1v) is 6.11. The van der Waals surface area contributed by atoms with Crippen LogP contribution in [-0.2, 0) is 12.8 Å². The average Bonchev–Trinajstić information content (AvgIpc) is 2.68. The lowest BCUT2D eigenvalue weighted by Gasteiger charge is -2.21. The minimum atomic E-state index is 0.708. The van der Waals surface area contributed by atoms with Crippen LogP contribution in [0.25, 0.3) is 0 Å². The highest BCUT2D eigenvalue weighted by molar-refractivity contribution is 5.17. The minimum absolute atomic E-state index is 0.708. The predicted molar refractivity (Wildman–Crippen MR) is 61.6 cm³/mol. The lowest BCUT2D eigenvalue weighted by atomic mass is 9.85. The molecule has 1 aromatic rings. The second-order valence-electron chi connectivity index (χ2n) is 4.62. The topological polar surface area (TPSA) is 54.7 Å². The van der Waals surface area contributed by atoms with Crippen LogP contribution in [-0.4, -0.2) is 16.7 Å². The smallest absolute Gasteiger partial charge is 0.0522 e. The minimum Gasteiger partial charge on any atom is -0.330 e. The van der Waals surface area contributed by atoms with Crippen LogP contribution in [0.15, 0.2) is 6.20 Å². The van der Waals surface area contributed by atoms with Crippen molar-refractivity contribution < 1.29 is 0 Å². The molecular weight excluding hydrogens is 186 g/mol. The van der Waals surface area contributed by atoms with Gasteiger partial charge in [-0.2, -0.15) is 5.10 Å². The molecule has 0 bridgehead atoms. The number of aromatic nitrogens is 2. The molecule has 2 rings (SSSR count). The summed E-state index contributed by atoms with van der Waals surface area (Å²) in [5.74, 6) is 0.882. The molecule has 0 aromatic carbocycles. The van der Waals surface area contributed by atoms with Gasteiger partial charge in [0.2, 0.25) is 0 Å². The van der Waals surface area contributed by atoms with E-state index < -0.39 is 0 Å². The van der Waals surface area contributed by atoms with E-state index in [0.717, 1.165) is 12.3 Å². The summed E-state index contributed by atoms with van der Waals surface area (Å²) in [5.41, 5.74) is 8.22. The van der Waals surface area contributed by atoms with E-state index in [1.807, 2.05) is 6.20 Å². The molecule has 3 heteroatoms. The van der Waals surface area contributed by atoms with Crippen molar-refractivity contribution in [1.29, 1.82) is 0 Å². The van der Waals surface area contributed by atoms with Crippen LogP contribution < -0.4 is 5.73 Å². The van der Waals surface area contributed by atoms with Crippen LogP contribution in [0.3, 0.4) is 0 Å². The van der Waals surface area contributed by atoms with Crippen LogP contribution in [0.4, 0.5) is 0 Å². The number of nitrogens with one attached hydrogen (secondary N) is 1. The molecule has 0 saturated heterocycles. The second-order valence-corrected chi connectivity index (χ2v) is 4.62. The van der Waals surface area contributed by atoms with E-state index in [2.05, 4.69) is 10.2 Å². The van der Waals surface area contributed by atoms with Crippen molar-refractivity contribution in [2.75, 3.05) is 6.54 Å². The van der Waals surface area contributed by atoms with Crippen molar-refractivity contribution in [3.05, 3.63) is 17.5 Å². The van der Waals surface area contributed by atoms with Crippen LogP contribution in [0.1, 0.15) is 43.4 Å². The zero-order valence-corrected chi connectivity index (χ0v) is 9.34. The molecule has 0 spiro atoms. The van der Waals surface area contributed by atoms with Gasteiger partial charge in [-0.3, -0.25) is 5.10 Å². The van der Waals surface area contributed by atoms with Gasteiger partial charge in [0, 0.05) is 12.1 Å². The number of H-pyrrole nitrogens is 1. The second kappa shape index (κ2) is 5.31. The Morgan fingerprint density at radius 1 is 1.33 bits per heavy atom. The van der Waals surface area contributed by atoms with Crippen molar-refractivity contribution in [2.45, 2.75) is 44.9 Å². The molecule has 1 aromatic heterocycles. The van der Waals surface area contributed by atoms with Crippen LogP contribution in [0.2, 0.25) is 0 Å².